The van der Waals surface area contributed by atoms with Gasteiger partial charge in [-0.2, -0.15) is 0 Å². The molecule has 2 heterocycles. The quantitative estimate of drug-likeness (QED) is 0.607. The van der Waals surface area contributed by atoms with Gasteiger partial charge >= 0.3 is 0 Å². The van der Waals surface area contributed by atoms with E-state index in [4.69, 9.17) is 9.47 Å². The first kappa shape index (κ1) is 19.7. The van der Waals surface area contributed by atoms with Gasteiger partial charge in [-0.3, -0.25) is 4.79 Å². The molecule has 1 unspecified atom stereocenters. The van der Waals surface area contributed by atoms with Crippen molar-refractivity contribution >= 4 is 5.91 Å². The molecule has 0 bridgehead atoms. The summed E-state index contributed by atoms with van der Waals surface area (Å²) >= 11 is 0. The average molecular weight is 414 g/mol. The molecule has 0 saturated heterocycles. The molecular weight excluding hydrogens is 386 g/mol. The van der Waals surface area contributed by atoms with E-state index in [1.165, 1.54) is 16.7 Å². The highest BCUT2D eigenvalue weighted by Crippen LogP contribution is 2.34. The highest BCUT2D eigenvalue weighted by atomic mass is 16.5. The summed E-state index contributed by atoms with van der Waals surface area (Å²) < 4.78 is 11.5. The van der Waals surface area contributed by atoms with E-state index in [1.54, 1.807) is 0 Å². The van der Waals surface area contributed by atoms with Gasteiger partial charge in [-0.1, -0.05) is 60.7 Å². The van der Waals surface area contributed by atoms with E-state index in [0.29, 0.717) is 32.6 Å². The lowest BCUT2D eigenvalue weighted by molar-refractivity contribution is -0.132. The third-order valence-electron chi connectivity index (χ3n) is 6.19. The number of carbonyl (C=O) groups excluding carboxylic acids is 1. The first-order valence-electron chi connectivity index (χ1n) is 11.1. The van der Waals surface area contributed by atoms with Crippen LogP contribution in [0.5, 0.6) is 11.5 Å². The van der Waals surface area contributed by atoms with Gasteiger partial charge < -0.3 is 14.4 Å². The number of rotatable bonds is 4. The predicted molar refractivity (Wildman–Crippen MR) is 121 cm³/mol. The second-order valence-electron chi connectivity index (χ2n) is 8.27. The van der Waals surface area contributed by atoms with E-state index in [-0.39, 0.29) is 11.8 Å². The van der Waals surface area contributed by atoms with Crippen LogP contribution in [0.15, 0.2) is 72.8 Å². The minimum atomic E-state index is 0.197. The van der Waals surface area contributed by atoms with Crippen molar-refractivity contribution in [3.8, 4) is 11.5 Å². The van der Waals surface area contributed by atoms with Crippen LogP contribution in [0.1, 0.15) is 41.0 Å². The molecule has 2 aliphatic rings. The number of ether oxygens (including phenoxy) is 2. The molecular formula is C27H27NO3. The van der Waals surface area contributed by atoms with E-state index in [9.17, 15) is 4.79 Å². The molecule has 1 amide bonds. The summed E-state index contributed by atoms with van der Waals surface area (Å²) in [6.07, 6.45) is 2.08. The molecule has 2 aliphatic heterocycles. The van der Waals surface area contributed by atoms with Crippen LogP contribution in [-0.2, 0) is 17.8 Å². The Balaban J connectivity index is 1.30. The Morgan fingerprint density at radius 1 is 0.903 bits per heavy atom. The minimum absolute atomic E-state index is 0.197. The predicted octanol–water partition coefficient (Wildman–Crippen LogP) is 4.95. The SMILES string of the molecule is O=C(CCc1ccc2c(c1)OCCCO2)N1Cc2ccccc2C(c2ccccc2)C1. The number of benzene rings is 3. The Labute approximate surface area is 183 Å². The van der Waals surface area contributed by atoms with Crippen LogP contribution in [0.3, 0.4) is 0 Å². The second kappa shape index (κ2) is 8.84. The molecule has 0 aliphatic carbocycles. The van der Waals surface area contributed by atoms with Gasteiger partial charge in [0.15, 0.2) is 11.5 Å². The fourth-order valence-corrected chi connectivity index (χ4v) is 4.54. The summed E-state index contributed by atoms with van der Waals surface area (Å²) in [7, 11) is 0. The molecule has 0 saturated carbocycles. The normalized spacial score (nSPS) is 17.5. The van der Waals surface area contributed by atoms with Crippen molar-refractivity contribution in [2.75, 3.05) is 19.8 Å². The van der Waals surface area contributed by atoms with Crippen LogP contribution in [0.25, 0.3) is 0 Å². The smallest absolute Gasteiger partial charge is 0.223 e. The molecule has 1 atom stereocenters. The van der Waals surface area contributed by atoms with Crippen LogP contribution in [0.2, 0.25) is 0 Å². The zero-order valence-corrected chi connectivity index (χ0v) is 17.6. The lowest BCUT2D eigenvalue weighted by Gasteiger charge is -2.35. The van der Waals surface area contributed by atoms with Crippen molar-refractivity contribution < 1.29 is 14.3 Å². The van der Waals surface area contributed by atoms with E-state index in [2.05, 4.69) is 48.5 Å². The topological polar surface area (TPSA) is 38.8 Å². The van der Waals surface area contributed by atoms with Gasteiger partial charge in [0.05, 0.1) is 13.2 Å². The highest BCUT2D eigenvalue weighted by molar-refractivity contribution is 5.77. The average Bonchev–Trinajstić information content (AvgIpc) is 3.07. The first-order valence-corrected chi connectivity index (χ1v) is 11.1. The number of aryl methyl sites for hydroxylation is 1. The molecule has 0 fully saturated rings. The lowest BCUT2D eigenvalue weighted by atomic mass is 9.84. The third kappa shape index (κ3) is 4.29. The van der Waals surface area contributed by atoms with Crippen molar-refractivity contribution in [2.24, 2.45) is 0 Å². The van der Waals surface area contributed by atoms with Crippen molar-refractivity contribution in [3.63, 3.8) is 0 Å². The standard InChI is InChI=1S/C27H27NO3/c29-27(14-12-20-11-13-25-26(17-20)31-16-6-15-30-25)28-18-22-9-4-5-10-23(22)24(19-28)21-7-2-1-3-8-21/h1-5,7-11,13,17,24H,6,12,14-16,18-19H2. The highest BCUT2D eigenvalue weighted by Gasteiger charge is 2.28. The summed E-state index contributed by atoms with van der Waals surface area (Å²) in [6, 6.07) is 25.0. The van der Waals surface area contributed by atoms with Crippen LogP contribution >= 0.6 is 0 Å². The van der Waals surface area contributed by atoms with Crippen LogP contribution in [0, 0.1) is 0 Å². The maximum atomic E-state index is 13.2. The molecule has 0 N–H and O–H groups in total. The summed E-state index contributed by atoms with van der Waals surface area (Å²) in [5.41, 5.74) is 4.94. The number of hydrogen-bond donors (Lipinski definition) is 0. The molecule has 0 aromatic heterocycles. The Kier molecular flexibility index (Phi) is 5.61. The van der Waals surface area contributed by atoms with Crippen LogP contribution < -0.4 is 9.47 Å². The fraction of sp³-hybridized carbons (Fsp3) is 0.296. The zero-order valence-electron chi connectivity index (χ0n) is 17.6. The molecule has 0 radical (unpaired) electrons. The first-order chi connectivity index (χ1) is 15.3. The summed E-state index contributed by atoms with van der Waals surface area (Å²) in [4.78, 5) is 15.2. The summed E-state index contributed by atoms with van der Waals surface area (Å²) in [5.74, 6) is 2.00. The van der Waals surface area contributed by atoms with E-state index < -0.39 is 0 Å². The van der Waals surface area contributed by atoms with Gasteiger partial charge in [0.2, 0.25) is 5.91 Å². The summed E-state index contributed by atoms with van der Waals surface area (Å²) in [6.45, 7) is 2.76. The molecule has 3 aromatic carbocycles. The molecule has 158 valence electrons. The molecule has 5 rings (SSSR count). The van der Waals surface area contributed by atoms with Crippen LogP contribution in [-0.4, -0.2) is 30.6 Å². The maximum Gasteiger partial charge on any atom is 0.223 e. The van der Waals surface area contributed by atoms with E-state index in [0.717, 1.165) is 30.0 Å². The van der Waals surface area contributed by atoms with Gasteiger partial charge in [-0.05, 0) is 40.8 Å². The maximum absolute atomic E-state index is 13.2. The lowest BCUT2D eigenvalue weighted by Crippen LogP contribution is -2.38. The van der Waals surface area contributed by atoms with Crippen molar-refractivity contribution in [1.82, 2.24) is 4.90 Å². The summed E-state index contributed by atoms with van der Waals surface area (Å²) in [5, 5.41) is 0. The third-order valence-corrected chi connectivity index (χ3v) is 6.19. The second-order valence-corrected chi connectivity index (χ2v) is 8.27. The zero-order chi connectivity index (χ0) is 21.0. The van der Waals surface area contributed by atoms with Gasteiger partial charge in [-0.15, -0.1) is 0 Å². The molecule has 31 heavy (non-hydrogen) atoms. The molecule has 4 nitrogen and oxygen atoms in total. The fourth-order valence-electron chi connectivity index (χ4n) is 4.54. The monoisotopic (exact) mass is 413 g/mol. The van der Waals surface area contributed by atoms with Crippen LogP contribution in [0.4, 0.5) is 0 Å². The number of carbonyl (C=O) groups is 1. The van der Waals surface area contributed by atoms with Crippen molar-refractivity contribution in [3.05, 3.63) is 95.1 Å². The number of nitrogens with zero attached hydrogens (tertiary/aromatic N) is 1. The van der Waals surface area contributed by atoms with Gasteiger partial charge in [0.1, 0.15) is 0 Å². The Morgan fingerprint density at radius 3 is 2.55 bits per heavy atom. The minimum Gasteiger partial charge on any atom is -0.490 e. The Morgan fingerprint density at radius 2 is 1.68 bits per heavy atom. The molecule has 0 spiro atoms. The number of fused-ring (bicyclic) bond motifs is 2. The molecule has 4 heteroatoms. The van der Waals surface area contributed by atoms with Crippen molar-refractivity contribution in [2.45, 2.75) is 31.7 Å². The Hall–Kier alpha value is -3.27. The number of amides is 1. The van der Waals surface area contributed by atoms with Crippen molar-refractivity contribution in [1.29, 1.82) is 0 Å². The van der Waals surface area contributed by atoms with E-state index >= 15 is 0 Å². The Bertz CT molecular complexity index is 1060. The van der Waals surface area contributed by atoms with Gasteiger partial charge in [0.25, 0.3) is 0 Å². The largest absolute Gasteiger partial charge is 0.490 e. The van der Waals surface area contributed by atoms with E-state index in [1.807, 2.05) is 29.2 Å². The number of hydrogen-bond acceptors (Lipinski definition) is 3. The van der Waals surface area contributed by atoms with Gasteiger partial charge in [-0.25, -0.2) is 0 Å². The molecule has 3 aromatic rings. The van der Waals surface area contributed by atoms with Gasteiger partial charge in [0, 0.05) is 31.8 Å².